The number of benzene rings is 4. The number of nitrogens with zero attached hydrogens (tertiary/aromatic N) is 4. The van der Waals surface area contributed by atoms with E-state index in [0.717, 1.165) is 5.56 Å². The molecule has 1 saturated heterocycles. The van der Waals surface area contributed by atoms with Crippen LogP contribution in [0.25, 0.3) is 0 Å². The van der Waals surface area contributed by atoms with E-state index in [1.807, 2.05) is 12.1 Å². The Kier molecular flexibility index (Phi) is 9.79. The quantitative estimate of drug-likeness (QED) is 0.172. The van der Waals surface area contributed by atoms with Crippen LogP contribution in [-0.2, 0) is 25.5 Å². The number of aromatic nitrogens is 4. The lowest BCUT2D eigenvalue weighted by Gasteiger charge is -2.42. The van der Waals surface area contributed by atoms with Crippen LogP contribution in [0.2, 0.25) is 0 Å². The molecule has 1 N–H and O–H groups in total. The average molecular weight is 651 g/mol. The number of carbonyl (C=O) groups is 3. The van der Waals surface area contributed by atoms with E-state index in [1.54, 1.807) is 73.8 Å². The van der Waals surface area contributed by atoms with Gasteiger partial charge < -0.3 is 28.8 Å². The van der Waals surface area contributed by atoms with Crippen LogP contribution in [0.3, 0.4) is 0 Å². The van der Waals surface area contributed by atoms with Crippen LogP contribution < -0.4 is 4.74 Å². The van der Waals surface area contributed by atoms with Gasteiger partial charge in [0.1, 0.15) is 5.75 Å². The Morgan fingerprint density at radius 1 is 0.688 bits per heavy atom. The first kappa shape index (κ1) is 32.0. The molecule has 0 amide bonds. The third-order valence-corrected chi connectivity index (χ3v) is 7.48. The lowest BCUT2D eigenvalue weighted by Crippen LogP contribution is -2.58. The molecule has 1 fully saturated rings. The van der Waals surface area contributed by atoms with Gasteiger partial charge in [0.15, 0.2) is 30.7 Å². The molecule has 2 heterocycles. The molecule has 0 unspecified atom stereocenters. The van der Waals surface area contributed by atoms with Crippen molar-refractivity contribution in [2.24, 2.45) is 0 Å². The fourth-order valence-corrected chi connectivity index (χ4v) is 5.05. The zero-order valence-corrected chi connectivity index (χ0v) is 25.6. The Labute approximate surface area is 274 Å². The minimum Gasteiger partial charge on any atom is -0.497 e. The predicted octanol–water partition coefficient (Wildman–Crippen LogP) is 3.80. The summed E-state index contributed by atoms with van der Waals surface area (Å²) in [5.41, 5.74) is 1.35. The number of hydrogen-bond donors (Lipinski definition) is 1. The molecule has 0 saturated carbocycles. The van der Waals surface area contributed by atoms with E-state index in [0.29, 0.717) is 5.75 Å². The average Bonchev–Trinajstić information content (AvgIpc) is 3.60. The number of tetrazole rings is 1. The van der Waals surface area contributed by atoms with Crippen molar-refractivity contribution in [1.29, 1.82) is 0 Å². The molecule has 1 aliphatic rings. The van der Waals surface area contributed by atoms with E-state index < -0.39 is 48.6 Å². The summed E-state index contributed by atoms with van der Waals surface area (Å²) in [4.78, 5) is 41.4. The summed E-state index contributed by atoms with van der Waals surface area (Å²) in [6.07, 6.45) is -8.00. The monoisotopic (exact) mass is 650 g/mol. The van der Waals surface area contributed by atoms with Gasteiger partial charge in [0.2, 0.25) is 5.82 Å². The molecule has 6 rings (SSSR count). The summed E-state index contributed by atoms with van der Waals surface area (Å²) < 4.78 is 28.6. The summed E-state index contributed by atoms with van der Waals surface area (Å²) in [7, 11) is 1.57. The predicted molar refractivity (Wildman–Crippen MR) is 167 cm³/mol. The Morgan fingerprint density at radius 3 is 1.67 bits per heavy atom. The highest BCUT2D eigenvalue weighted by Gasteiger charge is 2.54. The zero-order valence-electron chi connectivity index (χ0n) is 25.6. The Hall–Kier alpha value is -5.92. The minimum atomic E-state index is -1.86. The van der Waals surface area contributed by atoms with Crippen LogP contribution in [0.1, 0.15) is 48.6 Å². The highest BCUT2D eigenvalue weighted by Crippen LogP contribution is 2.36. The maximum atomic E-state index is 13.5. The van der Waals surface area contributed by atoms with Gasteiger partial charge in [0.25, 0.3) is 0 Å². The van der Waals surface area contributed by atoms with Gasteiger partial charge in [0, 0.05) is 0 Å². The second kappa shape index (κ2) is 14.7. The van der Waals surface area contributed by atoms with Gasteiger partial charge >= 0.3 is 17.9 Å². The highest BCUT2D eigenvalue weighted by molar-refractivity contribution is 5.91. The number of methoxy groups -OCH3 is 1. The zero-order chi connectivity index (χ0) is 33.5. The molecule has 0 spiro atoms. The summed E-state index contributed by atoms with van der Waals surface area (Å²) >= 11 is 0. The fraction of sp³-hybridized carbons (Fsp3) is 0.200. The van der Waals surface area contributed by atoms with Crippen molar-refractivity contribution in [2.75, 3.05) is 7.11 Å². The Morgan fingerprint density at radius 2 is 1.17 bits per heavy atom. The van der Waals surface area contributed by atoms with E-state index in [4.69, 9.17) is 23.7 Å². The summed E-state index contributed by atoms with van der Waals surface area (Å²) in [5.74, 6) is -1.87. The van der Waals surface area contributed by atoms with Crippen molar-refractivity contribution < 1.29 is 43.2 Å². The maximum Gasteiger partial charge on any atom is 0.338 e. The second-order valence-electron chi connectivity index (χ2n) is 10.7. The molecular formula is C35H30N4O9. The number of esters is 3. The second-order valence-corrected chi connectivity index (χ2v) is 10.7. The molecular weight excluding hydrogens is 620 g/mol. The lowest BCUT2D eigenvalue weighted by atomic mass is 9.97. The van der Waals surface area contributed by atoms with E-state index >= 15 is 0 Å². The van der Waals surface area contributed by atoms with Crippen molar-refractivity contribution in [3.63, 3.8) is 0 Å². The molecule has 5 atom stereocenters. The lowest BCUT2D eigenvalue weighted by molar-refractivity contribution is -0.283. The van der Waals surface area contributed by atoms with Crippen LogP contribution in [0, 0.1) is 0 Å². The Balaban J connectivity index is 1.36. The maximum absolute atomic E-state index is 13.5. The smallest absolute Gasteiger partial charge is 0.338 e. The van der Waals surface area contributed by atoms with Crippen LogP contribution in [0.5, 0.6) is 5.75 Å². The standard InChI is InChI=1S/C35H30N4O9/c1-44-26-19-17-22(18-20-26)21-39-37-31(36-38-39)29-27(45-32(40)23-11-5-2-6-12-23)28(46-33(41)24-13-7-3-8-14-24)30(35(43)47-29)48-34(42)25-15-9-4-10-16-25/h2-20,27-30,35,43H,21H2,1H3/t27-,28-,29-,30+,35-/m0/s1. The first-order chi connectivity index (χ1) is 23.4. The molecule has 1 aromatic heterocycles. The third kappa shape index (κ3) is 7.38. The largest absolute Gasteiger partial charge is 0.497 e. The Bertz CT molecular complexity index is 1840. The number of aliphatic hydroxyl groups excluding tert-OH is 1. The molecule has 0 radical (unpaired) electrons. The summed E-state index contributed by atoms with van der Waals surface area (Å²) in [6, 6.07) is 31.4. The van der Waals surface area contributed by atoms with Gasteiger partial charge in [-0.25, -0.2) is 14.4 Å². The molecule has 13 heteroatoms. The van der Waals surface area contributed by atoms with Crippen molar-refractivity contribution >= 4 is 17.9 Å². The van der Waals surface area contributed by atoms with E-state index in [2.05, 4.69) is 15.4 Å². The van der Waals surface area contributed by atoms with Gasteiger partial charge in [-0.05, 0) is 59.3 Å². The van der Waals surface area contributed by atoms with Crippen molar-refractivity contribution in [2.45, 2.75) is 37.3 Å². The summed E-state index contributed by atoms with van der Waals surface area (Å²) in [6.45, 7) is 0.213. The summed E-state index contributed by atoms with van der Waals surface area (Å²) in [5, 5.41) is 24.0. The number of aliphatic hydroxyl groups is 1. The number of carbonyl (C=O) groups excluding carboxylic acids is 3. The first-order valence-electron chi connectivity index (χ1n) is 14.9. The molecule has 0 aliphatic carbocycles. The topological polar surface area (TPSA) is 161 Å². The van der Waals surface area contributed by atoms with Crippen molar-refractivity contribution in [3.05, 3.63) is 143 Å². The van der Waals surface area contributed by atoms with Crippen LogP contribution in [0.4, 0.5) is 0 Å². The third-order valence-electron chi connectivity index (χ3n) is 7.48. The van der Waals surface area contributed by atoms with E-state index in [1.165, 1.54) is 41.2 Å². The number of rotatable bonds is 10. The fourth-order valence-electron chi connectivity index (χ4n) is 5.05. The first-order valence-corrected chi connectivity index (χ1v) is 14.9. The number of ether oxygens (including phenoxy) is 5. The SMILES string of the molecule is COc1ccc(Cn2nnc([C@H]3O[C@H](O)[C@H](OC(=O)c4ccccc4)[C@@H](OC(=O)c4ccccc4)[C@@H]3OC(=O)c3ccccc3)n2)cc1. The van der Waals surface area contributed by atoms with Gasteiger partial charge in [-0.1, -0.05) is 66.7 Å². The number of hydrogen-bond acceptors (Lipinski definition) is 12. The molecule has 13 nitrogen and oxygen atoms in total. The van der Waals surface area contributed by atoms with Gasteiger partial charge in [-0.3, -0.25) is 0 Å². The van der Waals surface area contributed by atoms with E-state index in [-0.39, 0.29) is 29.1 Å². The molecule has 4 aromatic carbocycles. The molecule has 0 bridgehead atoms. The van der Waals surface area contributed by atoms with Crippen molar-refractivity contribution in [1.82, 2.24) is 20.2 Å². The minimum absolute atomic E-state index is 0.0815. The van der Waals surface area contributed by atoms with Crippen LogP contribution >= 0.6 is 0 Å². The normalized spacial score (nSPS) is 20.3. The molecule has 5 aromatic rings. The molecule has 48 heavy (non-hydrogen) atoms. The van der Waals surface area contributed by atoms with E-state index in [9.17, 15) is 19.5 Å². The van der Waals surface area contributed by atoms with Gasteiger partial charge in [0.05, 0.1) is 30.3 Å². The van der Waals surface area contributed by atoms with Crippen molar-refractivity contribution in [3.8, 4) is 5.75 Å². The van der Waals surface area contributed by atoms with Gasteiger partial charge in [-0.2, -0.15) is 4.80 Å². The van der Waals surface area contributed by atoms with Crippen LogP contribution in [-0.4, -0.2) is 74.9 Å². The molecule has 1 aliphatic heterocycles. The molecule has 244 valence electrons. The highest BCUT2D eigenvalue weighted by atomic mass is 16.7. The van der Waals surface area contributed by atoms with Crippen LogP contribution in [0.15, 0.2) is 115 Å². The van der Waals surface area contributed by atoms with Gasteiger partial charge in [-0.15, -0.1) is 10.2 Å².